The number of aryl methyl sites for hydroxylation is 2. The Balaban J connectivity index is 2.08. The Morgan fingerprint density at radius 2 is 2.29 bits per heavy atom. The molecule has 1 fully saturated rings. The van der Waals surface area contributed by atoms with Gasteiger partial charge in [-0.25, -0.2) is 5.06 Å². The second-order valence-corrected chi connectivity index (χ2v) is 4.35. The maximum Gasteiger partial charge on any atom is 0.250 e. The molecule has 1 aliphatic rings. The van der Waals surface area contributed by atoms with Crippen molar-refractivity contribution in [3.05, 3.63) is 17.0 Å². The second kappa shape index (κ2) is 4.46. The van der Waals surface area contributed by atoms with Gasteiger partial charge in [-0.3, -0.25) is 14.3 Å². The quantitative estimate of drug-likeness (QED) is 0.770. The van der Waals surface area contributed by atoms with Crippen LogP contribution in [-0.4, -0.2) is 45.1 Å². The monoisotopic (exact) mass is 239 g/mol. The molecule has 1 aromatic heterocycles. The summed E-state index contributed by atoms with van der Waals surface area (Å²) in [5, 5.41) is 14.8. The number of hydrogen-bond donors (Lipinski definition) is 1. The van der Waals surface area contributed by atoms with Crippen LogP contribution in [-0.2, 0) is 23.1 Å². The largest absolute Gasteiger partial charge is 0.389 e. The van der Waals surface area contributed by atoms with Crippen molar-refractivity contribution >= 4 is 5.91 Å². The number of aromatic nitrogens is 2. The van der Waals surface area contributed by atoms with Crippen molar-refractivity contribution in [2.75, 3.05) is 13.2 Å². The average molecular weight is 239 g/mol. The lowest BCUT2D eigenvalue weighted by Crippen LogP contribution is -2.30. The SMILES string of the molecule is Cc1nn(C)c(C)c1CC(=O)N1C[C@@H](O)CO1. The Morgan fingerprint density at radius 3 is 2.76 bits per heavy atom. The highest BCUT2D eigenvalue weighted by Gasteiger charge is 2.27. The van der Waals surface area contributed by atoms with E-state index in [2.05, 4.69) is 5.10 Å². The fourth-order valence-electron chi connectivity index (χ4n) is 1.96. The molecular formula is C11H17N3O3. The smallest absolute Gasteiger partial charge is 0.250 e. The first-order valence-corrected chi connectivity index (χ1v) is 5.59. The van der Waals surface area contributed by atoms with E-state index in [0.29, 0.717) is 0 Å². The molecule has 0 bridgehead atoms. The van der Waals surface area contributed by atoms with Crippen molar-refractivity contribution in [1.29, 1.82) is 0 Å². The molecule has 6 nitrogen and oxygen atoms in total. The summed E-state index contributed by atoms with van der Waals surface area (Å²) >= 11 is 0. The van der Waals surface area contributed by atoms with Crippen LogP contribution in [0.25, 0.3) is 0 Å². The van der Waals surface area contributed by atoms with Crippen molar-refractivity contribution in [2.45, 2.75) is 26.4 Å². The molecule has 0 spiro atoms. The van der Waals surface area contributed by atoms with Gasteiger partial charge in [0, 0.05) is 18.3 Å². The molecule has 0 aliphatic carbocycles. The lowest BCUT2D eigenvalue weighted by atomic mass is 10.1. The molecule has 1 aromatic rings. The van der Waals surface area contributed by atoms with Gasteiger partial charge >= 0.3 is 0 Å². The van der Waals surface area contributed by atoms with E-state index >= 15 is 0 Å². The third-order valence-electron chi connectivity index (χ3n) is 3.06. The van der Waals surface area contributed by atoms with Gasteiger partial charge in [0.05, 0.1) is 24.8 Å². The van der Waals surface area contributed by atoms with Crippen molar-refractivity contribution in [1.82, 2.24) is 14.8 Å². The maximum absolute atomic E-state index is 11.9. The van der Waals surface area contributed by atoms with Gasteiger partial charge in [-0.1, -0.05) is 0 Å². The van der Waals surface area contributed by atoms with E-state index in [9.17, 15) is 9.90 Å². The molecule has 1 atom stereocenters. The van der Waals surface area contributed by atoms with Gasteiger partial charge in [0.15, 0.2) is 0 Å². The zero-order chi connectivity index (χ0) is 12.6. The Hall–Kier alpha value is -1.40. The van der Waals surface area contributed by atoms with E-state index < -0.39 is 6.10 Å². The summed E-state index contributed by atoms with van der Waals surface area (Å²) in [6, 6.07) is 0. The van der Waals surface area contributed by atoms with E-state index in [0.717, 1.165) is 17.0 Å². The van der Waals surface area contributed by atoms with E-state index in [1.54, 1.807) is 4.68 Å². The third-order valence-corrected chi connectivity index (χ3v) is 3.06. The summed E-state index contributed by atoms with van der Waals surface area (Å²) in [6.45, 7) is 4.26. The van der Waals surface area contributed by atoms with Crippen LogP contribution in [0.2, 0.25) is 0 Å². The normalized spacial score (nSPS) is 20.0. The van der Waals surface area contributed by atoms with Gasteiger partial charge in [-0.05, 0) is 13.8 Å². The van der Waals surface area contributed by atoms with Gasteiger partial charge in [0.2, 0.25) is 0 Å². The molecule has 0 unspecified atom stereocenters. The number of nitrogens with zero attached hydrogens (tertiary/aromatic N) is 3. The topological polar surface area (TPSA) is 67.6 Å². The van der Waals surface area contributed by atoms with Crippen LogP contribution in [0.5, 0.6) is 0 Å². The predicted octanol–water partition coefficient (Wildman–Crippen LogP) is -0.286. The minimum atomic E-state index is -0.574. The van der Waals surface area contributed by atoms with Crippen LogP contribution < -0.4 is 0 Å². The lowest BCUT2D eigenvalue weighted by Gasteiger charge is -2.13. The minimum Gasteiger partial charge on any atom is -0.389 e. The highest BCUT2D eigenvalue weighted by molar-refractivity contribution is 5.78. The van der Waals surface area contributed by atoms with Gasteiger partial charge < -0.3 is 5.11 Å². The van der Waals surface area contributed by atoms with Crippen molar-refractivity contribution in [3.8, 4) is 0 Å². The van der Waals surface area contributed by atoms with Crippen LogP contribution in [0.15, 0.2) is 0 Å². The molecule has 94 valence electrons. The summed E-state index contributed by atoms with van der Waals surface area (Å²) in [4.78, 5) is 17.0. The van der Waals surface area contributed by atoms with Crippen LogP contribution in [0.3, 0.4) is 0 Å². The molecule has 1 aliphatic heterocycles. The number of carbonyl (C=O) groups excluding carboxylic acids is 1. The number of aliphatic hydroxyl groups excluding tert-OH is 1. The first-order chi connectivity index (χ1) is 7.99. The summed E-state index contributed by atoms with van der Waals surface area (Å²) in [7, 11) is 1.85. The van der Waals surface area contributed by atoms with Gasteiger partial charge in [0.25, 0.3) is 5.91 Å². The predicted molar refractivity (Wildman–Crippen MR) is 60.1 cm³/mol. The number of carbonyl (C=O) groups is 1. The second-order valence-electron chi connectivity index (χ2n) is 4.35. The van der Waals surface area contributed by atoms with Crippen molar-refractivity contribution < 1.29 is 14.7 Å². The highest BCUT2D eigenvalue weighted by Crippen LogP contribution is 2.15. The van der Waals surface area contributed by atoms with Crippen LogP contribution in [0, 0.1) is 13.8 Å². The first kappa shape index (κ1) is 12.1. The lowest BCUT2D eigenvalue weighted by molar-refractivity contribution is -0.167. The van der Waals surface area contributed by atoms with E-state index in [-0.39, 0.29) is 25.5 Å². The Bertz CT molecular complexity index is 441. The zero-order valence-corrected chi connectivity index (χ0v) is 10.3. The number of hydrogen-bond acceptors (Lipinski definition) is 4. The molecule has 1 N–H and O–H groups in total. The standard InChI is InChI=1S/C11H17N3O3/c1-7-10(8(2)13(3)12-7)4-11(16)14-5-9(15)6-17-14/h9,15H,4-6H2,1-3H3/t9-/m1/s1. The number of rotatable bonds is 2. The molecule has 1 amide bonds. The van der Waals surface area contributed by atoms with E-state index in [4.69, 9.17) is 4.84 Å². The van der Waals surface area contributed by atoms with Gasteiger partial charge in [0.1, 0.15) is 6.61 Å². The molecule has 0 radical (unpaired) electrons. The number of hydroxylamine groups is 2. The minimum absolute atomic E-state index is 0.138. The number of aliphatic hydroxyl groups is 1. The van der Waals surface area contributed by atoms with Crippen molar-refractivity contribution in [3.63, 3.8) is 0 Å². The summed E-state index contributed by atoms with van der Waals surface area (Å²) in [5.74, 6) is -0.138. The molecule has 2 rings (SSSR count). The zero-order valence-electron chi connectivity index (χ0n) is 10.3. The van der Waals surface area contributed by atoms with Gasteiger partial charge in [-0.15, -0.1) is 0 Å². The van der Waals surface area contributed by atoms with Gasteiger partial charge in [-0.2, -0.15) is 5.10 Å². The van der Waals surface area contributed by atoms with E-state index in [1.165, 1.54) is 5.06 Å². The highest BCUT2D eigenvalue weighted by atomic mass is 16.7. The molecule has 1 saturated heterocycles. The summed E-state index contributed by atoms with van der Waals surface area (Å²) in [5.41, 5.74) is 2.77. The van der Waals surface area contributed by atoms with E-state index in [1.807, 2.05) is 20.9 Å². The fraction of sp³-hybridized carbons (Fsp3) is 0.636. The molecule has 6 heteroatoms. The molecule has 0 saturated carbocycles. The molecule has 0 aromatic carbocycles. The van der Waals surface area contributed by atoms with Crippen molar-refractivity contribution in [2.24, 2.45) is 7.05 Å². The Morgan fingerprint density at radius 1 is 1.59 bits per heavy atom. The van der Waals surface area contributed by atoms with Crippen LogP contribution in [0.1, 0.15) is 17.0 Å². The number of amides is 1. The molecular weight excluding hydrogens is 222 g/mol. The Kier molecular flexibility index (Phi) is 3.17. The molecule has 2 heterocycles. The maximum atomic E-state index is 11.9. The number of β-amino-alcohol motifs (C(OH)–C–C–N with tert-alkyl or cyclic N) is 1. The Labute approximate surface area is 99.7 Å². The summed E-state index contributed by atoms with van der Waals surface area (Å²) in [6.07, 6.45) is -0.312. The fourth-order valence-corrected chi connectivity index (χ4v) is 1.96. The first-order valence-electron chi connectivity index (χ1n) is 5.59. The third kappa shape index (κ3) is 2.32. The average Bonchev–Trinajstić information content (AvgIpc) is 2.79. The summed E-state index contributed by atoms with van der Waals surface area (Å²) < 4.78 is 1.76. The molecule has 17 heavy (non-hydrogen) atoms. The van der Waals surface area contributed by atoms with Crippen LogP contribution in [0.4, 0.5) is 0 Å². The van der Waals surface area contributed by atoms with Crippen LogP contribution >= 0.6 is 0 Å².